The lowest BCUT2D eigenvalue weighted by molar-refractivity contribution is 0.387. The fourth-order valence-electron chi connectivity index (χ4n) is 2.78. The summed E-state index contributed by atoms with van der Waals surface area (Å²) in [6, 6.07) is 2.79. The molecule has 0 radical (unpaired) electrons. The van der Waals surface area contributed by atoms with Crippen molar-refractivity contribution >= 4 is 30.4 Å². The van der Waals surface area contributed by atoms with E-state index >= 15 is 0 Å². The topological polar surface area (TPSA) is 82.8 Å². The number of thioether (sulfide) groups is 1. The molecular weight excluding hydrogens is 331 g/mol. The molecule has 2 N–H and O–H groups in total. The molecular formula is C16H19N2O3PS. The van der Waals surface area contributed by atoms with Crippen LogP contribution in [-0.4, -0.2) is 25.7 Å². The molecule has 0 aliphatic carbocycles. The molecule has 1 aromatic rings. The largest absolute Gasteiger partial charge is 0.356 e. The Morgan fingerprint density at radius 2 is 2.22 bits per heavy atom. The number of hydrogen-bond acceptors (Lipinski definition) is 4. The highest BCUT2D eigenvalue weighted by Gasteiger charge is 2.34. The van der Waals surface area contributed by atoms with Gasteiger partial charge in [-0.2, -0.15) is 0 Å². The van der Waals surface area contributed by atoms with Crippen LogP contribution in [0.15, 0.2) is 46.6 Å². The molecule has 0 saturated carbocycles. The van der Waals surface area contributed by atoms with Gasteiger partial charge in [-0.3, -0.25) is 14.5 Å². The number of aromatic nitrogens is 1. The Morgan fingerprint density at radius 1 is 1.43 bits per heavy atom. The minimum Gasteiger partial charge on any atom is -0.321 e. The number of rotatable bonds is 3. The van der Waals surface area contributed by atoms with Crippen LogP contribution in [0.5, 0.6) is 0 Å². The fraction of sp³-hybridized carbons (Fsp3) is 0.375. The monoisotopic (exact) mass is 350 g/mol. The molecule has 3 heterocycles. The highest BCUT2D eigenvalue weighted by Crippen LogP contribution is 2.48. The van der Waals surface area contributed by atoms with Crippen molar-refractivity contribution in [2.24, 2.45) is 10.4 Å². The van der Waals surface area contributed by atoms with Crippen LogP contribution in [0.25, 0.3) is 0 Å². The van der Waals surface area contributed by atoms with Gasteiger partial charge in [0.15, 0.2) is 0 Å². The first kappa shape index (κ1) is 16.7. The molecule has 2 aliphatic rings. The van der Waals surface area contributed by atoms with Gasteiger partial charge in [-0.15, -0.1) is 11.8 Å². The third kappa shape index (κ3) is 3.50. The standard InChI is InChI=1S/C16H19N2O3PS/c1-11-3-4-15(23-11)16(2)6-8-18-14(10-16)13-9-12(5-7-17-13)22(19,20)21/h4-9,11H,3,10H2,1-2H3,(H2,19,20,21). The minimum atomic E-state index is -4.29. The van der Waals surface area contributed by atoms with E-state index in [-0.39, 0.29) is 10.7 Å². The van der Waals surface area contributed by atoms with Crippen molar-refractivity contribution in [3.63, 3.8) is 0 Å². The highest BCUT2D eigenvalue weighted by molar-refractivity contribution is 8.03. The Kier molecular flexibility index (Phi) is 4.36. The summed E-state index contributed by atoms with van der Waals surface area (Å²) in [6.07, 6.45) is 9.32. The van der Waals surface area contributed by atoms with Gasteiger partial charge in [-0.25, -0.2) is 0 Å². The van der Waals surface area contributed by atoms with Crippen molar-refractivity contribution in [2.45, 2.75) is 31.9 Å². The first-order valence-electron chi connectivity index (χ1n) is 7.42. The first-order valence-corrected chi connectivity index (χ1v) is 9.91. The van der Waals surface area contributed by atoms with Gasteiger partial charge in [0.25, 0.3) is 0 Å². The van der Waals surface area contributed by atoms with Gasteiger partial charge in [0.1, 0.15) is 0 Å². The van der Waals surface area contributed by atoms with Gasteiger partial charge in [-0.05, 0) is 23.5 Å². The molecule has 0 fully saturated rings. The van der Waals surface area contributed by atoms with Crippen LogP contribution in [0.1, 0.15) is 32.4 Å². The smallest absolute Gasteiger partial charge is 0.321 e. The number of allylic oxidation sites excluding steroid dienone is 3. The van der Waals surface area contributed by atoms with E-state index < -0.39 is 7.60 Å². The van der Waals surface area contributed by atoms with E-state index in [1.54, 1.807) is 6.20 Å². The second-order valence-electron chi connectivity index (χ2n) is 6.16. The molecule has 23 heavy (non-hydrogen) atoms. The van der Waals surface area contributed by atoms with Gasteiger partial charge in [-0.1, -0.05) is 26.0 Å². The molecule has 1 aromatic heterocycles. The second-order valence-corrected chi connectivity index (χ2v) is 9.25. The molecule has 2 aliphatic heterocycles. The Hall–Kier alpha value is -1.20. The second kappa shape index (κ2) is 6.02. The molecule has 2 atom stereocenters. The molecule has 122 valence electrons. The lowest BCUT2D eigenvalue weighted by Crippen LogP contribution is -2.24. The van der Waals surface area contributed by atoms with Crippen LogP contribution in [-0.2, 0) is 4.57 Å². The third-order valence-corrected chi connectivity index (χ3v) is 6.54. The van der Waals surface area contributed by atoms with Crippen molar-refractivity contribution in [2.75, 3.05) is 0 Å². The van der Waals surface area contributed by atoms with Crippen LogP contribution < -0.4 is 5.30 Å². The summed E-state index contributed by atoms with van der Waals surface area (Å²) in [5.41, 5.74) is 1.15. The van der Waals surface area contributed by atoms with Crippen LogP contribution >= 0.6 is 19.4 Å². The molecule has 3 rings (SSSR count). The van der Waals surface area contributed by atoms with Crippen LogP contribution in [0.4, 0.5) is 0 Å². The predicted octanol–water partition coefficient (Wildman–Crippen LogP) is 3.01. The van der Waals surface area contributed by atoms with Gasteiger partial charge in [0.05, 0.1) is 16.7 Å². The van der Waals surface area contributed by atoms with Crippen molar-refractivity contribution in [1.82, 2.24) is 4.98 Å². The number of nitrogens with zero attached hydrogens (tertiary/aromatic N) is 2. The normalized spacial score (nSPS) is 27.7. The predicted molar refractivity (Wildman–Crippen MR) is 94.1 cm³/mol. The summed E-state index contributed by atoms with van der Waals surface area (Å²) in [7, 11) is -4.29. The van der Waals surface area contributed by atoms with E-state index in [1.165, 1.54) is 23.2 Å². The molecule has 0 saturated heterocycles. The Morgan fingerprint density at radius 3 is 2.87 bits per heavy atom. The minimum absolute atomic E-state index is 0.0236. The zero-order valence-electron chi connectivity index (χ0n) is 13.0. The third-order valence-electron chi connectivity index (χ3n) is 4.11. The van der Waals surface area contributed by atoms with E-state index in [1.807, 2.05) is 11.8 Å². The maximum absolute atomic E-state index is 11.4. The summed E-state index contributed by atoms with van der Waals surface area (Å²) in [5, 5.41) is 0.568. The zero-order chi connectivity index (χ0) is 16.7. The summed E-state index contributed by atoms with van der Waals surface area (Å²) in [4.78, 5) is 28.6. The van der Waals surface area contributed by atoms with Gasteiger partial charge in [0.2, 0.25) is 0 Å². The molecule has 0 aromatic carbocycles. The van der Waals surface area contributed by atoms with Crippen molar-refractivity contribution < 1.29 is 14.4 Å². The van der Waals surface area contributed by atoms with Gasteiger partial charge < -0.3 is 9.79 Å². The Balaban J connectivity index is 1.89. The zero-order valence-corrected chi connectivity index (χ0v) is 14.7. The van der Waals surface area contributed by atoms with Crippen molar-refractivity contribution in [1.29, 1.82) is 0 Å². The fourth-order valence-corrected chi connectivity index (χ4v) is 4.56. The average molecular weight is 350 g/mol. The summed E-state index contributed by atoms with van der Waals surface area (Å²) >= 11 is 1.89. The number of pyridine rings is 1. The quantitative estimate of drug-likeness (QED) is 0.819. The van der Waals surface area contributed by atoms with Crippen molar-refractivity contribution in [3.05, 3.63) is 47.3 Å². The number of hydrogen-bond donors (Lipinski definition) is 2. The Bertz CT molecular complexity index is 768. The summed E-state index contributed by atoms with van der Waals surface area (Å²) < 4.78 is 11.4. The SMILES string of the molecule is CC1CC=C(C2(C)C=CN=C(c3cc(P(=O)(O)O)ccn3)C2)S1. The van der Waals surface area contributed by atoms with Crippen LogP contribution in [0, 0.1) is 5.41 Å². The van der Waals surface area contributed by atoms with Crippen LogP contribution in [0.3, 0.4) is 0 Å². The van der Waals surface area contributed by atoms with Gasteiger partial charge >= 0.3 is 7.60 Å². The average Bonchev–Trinajstić information content (AvgIpc) is 2.94. The molecule has 7 heteroatoms. The molecule has 0 spiro atoms. The van der Waals surface area contributed by atoms with E-state index in [4.69, 9.17) is 0 Å². The van der Waals surface area contributed by atoms with Crippen molar-refractivity contribution in [3.8, 4) is 0 Å². The van der Waals surface area contributed by atoms with E-state index in [9.17, 15) is 14.4 Å². The lowest BCUT2D eigenvalue weighted by Gasteiger charge is -2.30. The maximum atomic E-state index is 11.4. The summed E-state index contributed by atoms with van der Waals surface area (Å²) in [6.45, 7) is 4.38. The molecule has 5 nitrogen and oxygen atoms in total. The Labute approximate surface area is 139 Å². The van der Waals surface area contributed by atoms with Gasteiger partial charge in [0, 0.05) is 29.5 Å². The molecule has 0 bridgehead atoms. The van der Waals surface area contributed by atoms with E-state index in [2.05, 4.69) is 36.0 Å². The maximum Gasteiger partial charge on any atom is 0.356 e. The first-order chi connectivity index (χ1) is 10.8. The van der Waals surface area contributed by atoms with Crippen LogP contribution in [0.2, 0.25) is 0 Å². The highest BCUT2D eigenvalue weighted by atomic mass is 32.2. The molecule has 2 unspecified atom stereocenters. The summed E-state index contributed by atoms with van der Waals surface area (Å²) in [5.74, 6) is 0. The van der Waals surface area contributed by atoms with E-state index in [0.29, 0.717) is 17.4 Å². The number of aliphatic imine (C=N–C) groups is 1. The van der Waals surface area contributed by atoms with E-state index in [0.717, 1.165) is 12.1 Å². The lowest BCUT2D eigenvalue weighted by atomic mass is 9.81. The molecule has 0 amide bonds.